The van der Waals surface area contributed by atoms with E-state index in [1.165, 1.54) is 0 Å². The van der Waals surface area contributed by atoms with Crippen LogP contribution in [0.2, 0.25) is 0 Å². The normalized spacial score (nSPS) is 19.5. The molecule has 0 aromatic heterocycles. The third-order valence-electron chi connectivity index (χ3n) is 5.99. The van der Waals surface area contributed by atoms with E-state index in [0.717, 1.165) is 29.7 Å². The van der Waals surface area contributed by atoms with Crippen LogP contribution in [0.5, 0.6) is 0 Å². The Morgan fingerprint density at radius 2 is 1.81 bits per heavy atom. The largest absolute Gasteiger partial charge is 0.339 e. The van der Waals surface area contributed by atoms with E-state index in [-0.39, 0.29) is 11.8 Å². The summed E-state index contributed by atoms with van der Waals surface area (Å²) >= 11 is 0. The molecule has 3 rings (SSSR count). The van der Waals surface area contributed by atoms with Gasteiger partial charge in [-0.2, -0.15) is 5.26 Å². The molecule has 144 valence electrons. The summed E-state index contributed by atoms with van der Waals surface area (Å²) < 4.78 is 0. The molecule has 1 saturated heterocycles. The molecule has 1 N–H and O–H groups in total. The minimum absolute atomic E-state index is 0.0120. The molecule has 1 aromatic carbocycles. The second-order valence-electron chi connectivity index (χ2n) is 7.77. The van der Waals surface area contributed by atoms with Gasteiger partial charge in [0.15, 0.2) is 0 Å². The zero-order valence-corrected chi connectivity index (χ0v) is 16.3. The number of anilines is 1. The summed E-state index contributed by atoms with van der Waals surface area (Å²) in [5.41, 5.74) is 2.28. The van der Waals surface area contributed by atoms with E-state index in [1.807, 2.05) is 36.9 Å². The van der Waals surface area contributed by atoms with Gasteiger partial charge >= 0.3 is 0 Å². The number of nitrogens with zero attached hydrogens (tertiary/aromatic N) is 3. The molecule has 1 saturated carbocycles. The molecule has 0 radical (unpaired) electrons. The van der Waals surface area contributed by atoms with Gasteiger partial charge in [0, 0.05) is 31.9 Å². The number of aryl methyl sites for hydroxylation is 1. The van der Waals surface area contributed by atoms with Crippen molar-refractivity contribution in [3.63, 3.8) is 0 Å². The third kappa shape index (κ3) is 4.14. The first-order valence-corrected chi connectivity index (χ1v) is 9.74. The smallest absolute Gasteiger partial charge is 0.243 e. The van der Waals surface area contributed by atoms with E-state index in [0.29, 0.717) is 45.6 Å². The van der Waals surface area contributed by atoms with E-state index >= 15 is 0 Å². The number of piperazine rings is 1. The monoisotopic (exact) mass is 368 g/mol. The molecule has 0 spiro atoms. The molecule has 0 unspecified atom stereocenters. The maximum atomic E-state index is 12.8. The standard InChI is InChI=1S/C21H28N4O2/c1-16-6-5-7-18(17(16)2)23-19(26)14-24-10-12-25(13-11-24)20(27)21(15-22)8-3-4-9-21/h5-7H,3-4,8-14H2,1-2H3,(H,23,26). The van der Waals surface area contributed by atoms with Crippen LogP contribution in [0.15, 0.2) is 18.2 Å². The van der Waals surface area contributed by atoms with E-state index in [4.69, 9.17) is 0 Å². The molecule has 6 nitrogen and oxygen atoms in total. The lowest BCUT2D eigenvalue weighted by Crippen LogP contribution is -2.53. The zero-order chi connectivity index (χ0) is 19.4. The highest BCUT2D eigenvalue weighted by atomic mass is 16.2. The first-order valence-electron chi connectivity index (χ1n) is 9.74. The maximum Gasteiger partial charge on any atom is 0.243 e. The fraction of sp³-hybridized carbons (Fsp3) is 0.571. The number of nitrogens with one attached hydrogen (secondary N) is 1. The molecule has 0 bridgehead atoms. The molecule has 6 heteroatoms. The second kappa shape index (κ2) is 8.10. The van der Waals surface area contributed by atoms with Crippen molar-refractivity contribution in [3.05, 3.63) is 29.3 Å². The highest BCUT2D eigenvalue weighted by Gasteiger charge is 2.44. The molecule has 1 aromatic rings. The molecular weight excluding hydrogens is 340 g/mol. The Morgan fingerprint density at radius 3 is 2.44 bits per heavy atom. The highest BCUT2D eigenvalue weighted by Crippen LogP contribution is 2.39. The van der Waals surface area contributed by atoms with Gasteiger partial charge in [0.25, 0.3) is 0 Å². The van der Waals surface area contributed by atoms with Gasteiger partial charge in [0.05, 0.1) is 12.6 Å². The third-order valence-corrected chi connectivity index (χ3v) is 5.99. The summed E-state index contributed by atoms with van der Waals surface area (Å²) in [5, 5.41) is 12.5. The summed E-state index contributed by atoms with van der Waals surface area (Å²) in [7, 11) is 0. The minimum atomic E-state index is -0.803. The van der Waals surface area contributed by atoms with Crippen molar-refractivity contribution in [2.24, 2.45) is 5.41 Å². The summed E-state index contributed by atoms with van der Waals surface area (Å²) in [6, 6.07) is 8.17. The molecule has 1 aliphatic heterocycles. The van der Waals surface area contributed by atoms with Crippen LogP contribution in [-0.4, -0.2) is 54.3 Å². The predicted molar refractivity (Wildman–Crippen MR) is 104 cm³/mol. The molecule has 1 heterocycles. The summed E-state index contributed by atoms with van der Waals surface area (Å²) in [6.45, 7) is 6.83. The van der Waals surface area contributed by atoms with Crippen LogP contribution in [0.3, 0.4) is 0 Å². The lowest BCUT2D eigenvalue weighted by atomic mass is 9.86. The fourth-order valence-corrected chi connectivity index (χ4v) is 4.04. The van der Waals surface area contributed by atoms with Crippen molar-refractivity contribution in [3.8, 4) is 6.07 Å². The fourth-order valence-electron chi connectivity index (χ4n) is 4.04. The van der Waals surface area contributed by atoms with Crippen molar-refractivity contribution >= 4 is 17.5 Å². The number of rotatable bonds is 4. The Bertz CT molecular complexity index is 754. The number of nitriles is 1. The topological polar surface area (TPSA) is 76.4 Å². The maximum absolute atomic E-state index is 12.8. The number of benzene rings is 1. The molecule has 2 amide bonds. The van der Waals surface area contributed by atoms with Crippen LogP contribution in [0.25, 0.3) is 0 Å². The van der Waals surface area contributed by atoms with Crippen molar-refractivity contribution in [1.82, 2.24) is 9.80 Å². The van der Waals surface area contributed by atoms with Crippen LogP contribution in [0.4, 0.5) is 5.69 Å². The van der Waals surface area contributed by atoms with E-state index in [9.17, 15) is 14.9 Å². The van der Waals surface area contributed by atoms with Crippen LogP contribution < -0.4 is 5.32 Å². The van der Waals surface area contributed by atoms with E-state index in [2.05, 4.69) is 16.3 Å². The molecule has 2 aliphatic rings. The molecule has 0 atom stereocenters. The number of hydrogen-bond donors (Lipinski definition) is 1. The number of carbonyl (C=O) groups excluding carboxylic acids is 2. The van der Waals surface area contributed by atoms with Crippen molar-refractivity contribution in [2.45, 2.75) is 39.5 Å². The predicted octanol–water partition coefficient (Wildman–Crippen LogP) is 2.47. The van der Waals surface area contributed by atoms with Gasteiger partial charge in [-0.25, -0.2) is 0 Å². The van der Waals surface area contributed by atoms with E-state index in [1.54, 1.807) is 0 Å². The first kappa shape index (κ1) is 19.4. The zero-order valence-electron chi connectivity index (χ0n) is 16.3. The highest BCUT2D eigenvalue weighted by molar-refractivity contribution is 5.93. The van der Waals surface area contributed by atoms with Gasteiger partial charge < -0.3 is 10.2 Å². The van der Waals surface area contributed by atoms with Crippen LogP contribution in [0, 0.1) is 30.6 Å². The number of amides is 2. The summed E-state index contributed by atoms with van der Waals surface area (Å²) in [5.74, 6) is -0.0465. The molecule has 27 heavy (non-hydrogen) atoms. The lowest BCUT2D eigenvalue weighted by molar-refractivity contribution is -0.140. The quantitative estimate of drug-likeness (QED) is 0.886. The molecule has 2 fully saturated rings. The minimum Gasteiger partial charge on any atom is -0.339 e. The van der Waals surface area contributed by atoms with Gasteiger partial charge in [-0.05, 0) is 43.9 Å². The molecule has 1 aliphatic carbocycles. The number of carbonyl (C=O) groups is 2. The van der Waals surface area contributed by atoms with E-state index < -0.39 is 5.41 Å². The first-order chi connectivity index (χ1) is 12.9. The van der Waals surface area contributed by atoms with Gasteiger partial charge in [0.2, 0.25) is 11.8 Å². The average Bonchev–Trinajstić information content (AvgIpc) is 3.16. The SMILES string of the molecule is Cc1cccc(NC(=O)CN2CCN(C(=O)C3(C#N)CCCC3)CC2)c1C. The van der Waals surface area contributed by atoms with Crippen LogP contribution in [0.1, 0.15) is 36.8 Å². The van der Waals surface area contributed by atoms with Crippen molar-refractivity contribution < 1.29 is 9.59 Å². The Hall–Kier alpha value is -2.39. The van der Waals surface area contributed by atoms with Gasteiger partial charge in [-0.15, -0.1) is 0 Å². The Labute approximate surface area is 161 Å². The Kier molecular flexibility index (Phi) is 5.81. The lowest BCUT2D eigenvalue weighted by Gasteiger charge is -2.37. The van der Waals surface area contributed by atoms with Crippen molar-refractivity contribution in [1.29, 1.82) is 5.26 Å². The Morgan fingerprint density at radius 1 is 1.15 bits per heavy atom. The van der Waals surface area contributed by atoms with Gasteiger partial charge in [0.1, 0.15) is 5.41 Å². The summed E-state index contributed by atoms with van der Waals surface area (Å²) in [6.07, 6.45) is 3.28. The average molecular weight is 368 g/mol. The van der Waals surface area contributed by atoms with Gasteiger partial charge in [-0.3, -0.25) is 14.5 Å². The van der Waals surface area contributed by atoms with Crippen LogP contribution in [-0.2, 0) is 9.59 Å². The van der Waals surface area contributed by atoms with Crippen molar-refractivity contribution in [2.75, 3.05) is 38.0 Å². The second-order valence-corrected chi connectivity index (χ2v) is 7.77. The van der Waals surface area contributed by atoms with Gasteiger partial charge in [-0.1, -0.05) is 25.0 Å². The van der Waals surface area contributed by atoms with Crippen LogP contribution >= 0.6 is 0 Å². The Balaban J connectivity index is 1.51. The number of hydrogen-bond acceptors (Lipinski definition) is 4. The summed E-state index contributed by atoms with van der Waals surface area (Å²) in [4.78, 5) is 29.1. The molecular formula is C21H28N4O2.